The Morgan fingerprint density at radius 2 is 2.12 bits per heavy atom. The molecule has 3 amide bonds. The summed E-state index contributed by atoms with van der Waals surface area (Å²) in [4.78, 5) is 24.7. The SMILES string of the molecule is Cc1ccc(N2C(=O)CC(C)NC2=O)cc1Cl. The number of hydrogen-bond acceptors (Lipinski definition) is 2. The van der Waals surface area contributed by atoms with Crippen LogP contribution in [-0.2, 0) is 4.79 Å². The molecular formula is C12H13ClN2O2. The Labute approximate surface area is 105 Å². The molecule has 0 aromatic heterocycles. The molecule has 90 valence electrons. The number of urea groups is 1. The average Bonchev–Trinajstić information content (AvgIpc) is 2.21. The molecule has 1 fully saturated rings. The minimum Gasteiger partial charge on any atom is -0.334 e. The Bertz CT molecular complexity index is 469. The number of hydrogen-bond donors (Lipinski definition) is 1. The number of anilines is 1. The van der Waals surface area contributed by atoms with Gasteiger partial charge >= 0.3 is 6.03 Å². The molecule has 4 nitrogen and oxygen atoms in total. The van der Waals surface area contributed by atoms with Gasteiger partial charge in [0.2, 0.25) is 5.91 Å². The lowest BCUT2D eigenvalue weighted by Gasteiger charge is -2.29. The molecule has 2 rings (SSSR count). The maximum Gasteiger partial charge on any atom is 0.328 e. The number of aryl methyl sites for hydroxylation is 1. The standard InChI is InChI=1S/C12H13ClN2O2/c1-7-3-4-9(6-10(7)13)15-11(16)5-8(2)14-12(15)17/h3-4,6,8H,5H2,1-2H3,(H,14,17). The largest absolute Gasteiger partial charge is 0.334 e. The van der Waals surface area contributed by atoms with Crippen molar-refractivity contribution in [3.8, 4) is 0 Å². The van der Waals surface area contributed by atoms with Crippen molar-refractivity contribution in [2.45, 2.75) is 26.3 Å². The number of nitrogens with one attached hydrogen (secondary N) is 1. The Morgan fingerprint density at radius 3 is 2.71 bits per heavy atom. The van der Waals surface area contributed by atoms with Gasteiger partial charge in [-0.05, 0) is 31.5 Å². The summed E-state index contributed by atoms with van der Waals surface area (Å²) in [6.07, 6.45) is 0.303. The van der Waals surface area contributed by atoms with Crippen LogP contribution in [0.25, 0.3) is 0 Å². The van der Waals surface area contributed by atoms with Gasteiger partial charge in [0, 0.05) is 17.5 Å². The van der Waals surface area contributed by atoms with Gasteiger partial charge in [-0.1, -0.05) is 17.7 Å². The molecule has 1 saturated heterocycles. The van der Waals surface area contributed by atoms with Crippen LogP contribution >= 0.6 is 11.6 Å². The molecule has 0 saturated carbocycles. The fourth-order valence-corrected chi connectivity index (χ4v) is 1.95. The summed E-state index contributed by atoms with van der Waals surface area (Å²) in [5.41, 5.74) is 1.42. The van der Waals surface area contributed by atoms with E-state index in [1.165, 1.54) is 0 Å². The van der Waals surface area contributed by atoms with E-state index in [9.17, 15) is 9.59 Å². The lowest BCUT2D eigenvalue weighted by atomic mass is 10.1. The molecule has 0 bridgehead atoms. The number of imide groups is 1. The average molecular weight is 253 g/mol. The molecule has 0 radical (unpaired) electrons. The number of rotatable bonds is 1. The first-order valence-corrected chi connectivity index (χ1v) is 5.76. The Kier molecular flexibility index (Phi) is 3.07. The monoisotopic (exact) mass is 252 g/mol. The molecule has 1 aromatic carbocycles. The van der Waals surface area contributed by atoms with Gasteiger partial charge < -0.3 is 5.32 Å². The molecule has 0 aliphatic carbocycles. The summed E-state index contributed by atoms with van der Waals surface area (Å²) < 4.78 is 0. The molecule has 1 heterocycles. The number of carbonyl (C=O) groups is 2. The lowest BCUT2D eigenvalue weighted by molar-refractivity contribution is -0.118. The molecule has 1 N–H and O–H groups in total. The molecule has 1 unspecified atom stereocenters. The van der Waals surface area contributed by atoms with Gasteiger partial charge in [-0.25, -0.2) is 9.69 Å². The van der Waals surface area contributed by atoms with Crippen LogP contribution < -0.4 is 10.2 Å². The van der Waals surface area contributed by atoms with E-state index in [0.29, 0.717) is 17.1 Å². The van der Waals surface area contributed by atoms with Crippen molar-refractivity contribution in [1.82, 2.24) is 5.32 Å². The highest BCUT2D eigenvalue weighted by Crippen LogP contribution is 2.25. The zero-order valence-electron chi connectivity index (χ0n) is 9.66. The third-order valence-electron chi connectivity index (χ3n) is 2.72. The minimum atomic E-state index is -0.395. The van der Waals surface area contributed by atoms with Gasteiger partial charge in [0.15, 0.2) is 0 Å². The predicted octanol–water partition coefficient (Wildman–Crippen LogP) is 2.48. The second kappa shape index (κ2) is 4.37. The topological polar surface area (TPSA) is 49.4 Å². The van der Waals surface area contributed by atoms with Gasteiger partial charge in [-0.2, -0.15) is 0 Å². The molecule has 1 aliphatic rings. The zero-order chi connectivity index (χ0) is 12.6. The van der Waals surface area contributed by atoms with Crippen molar-refractivity contribution < 1.29 is 9.59 Å². The summed E-state index contributed by atoms with van der Waals surface area (Å²) in [5, 5.41) is 3.26. The van der Waals surface area contributed by atoms with E-state index >= 15 is 0 Å². The molecule has 1 aliphatic heterocycles. The Morgan fingerprint density at radius 1 is 1.41 bits per heavy atom. The number of benzene rings is 1. The maximum absolute atomic E-state index is 11.8. The summed E-state index contributed by atoms with van der Waals surface area (Å²) in [7, 11) is 0. The van der Waals surface area contributed by atoms with E-state index in [2.05, 4.69) is 5.32 Å². The molecule has 0 spiro atoms. The molecule has 17 heavy (non-hydrogen) atoms. The summed E-state index contributed by atoms with van der Waals surface area (Å²) in [6, 6.07) is 4.62. The van der Waals surface area contributed by atoms with Gasteiger partial charge in [0.1, 0.15) is 0 Å². The van der Waals surface area contributed by atoms with Crippen LogP contribution in [-0.4, -0.2) is 18.0 Å². The Balaban J connectivity index is 2.35. The Hall–Kier alpha value is -1.55. The maximum atomic E-state index is 11.8. The number of carbonyl (C=O) groups excluding carboxylic acids is 2. The third kappa shape index (κ3) is 2.26. The van der Waals surface area contributed by atoms with Gasteiger partial charge in [0.05, 0.1) is 5.69 Å². The summed E-state index contributed by atoms with van der Waals surface area (Å²) in [6.45, 7) is 3.67. The van der Waals surface area contributed by atoms with E-state index in [-0.39, 0.29) is 11.9 Å². The van der Waals surface area contributed by atoms with Crippen LogP contribution in [0.1, 0.15) is 18.9 Å². The highest BCUT2D eigenvalue weighted by molar-refractivity contribution is 6.32. The van der Waals surface area contributed by atoms with Crippen molar-refractivity contribution in [1.29, 1.82) is 0 Å². The minimum absolute atomic E-state index is 0.118. The second-order valence-electron chi connectivity index (χ2n) is 4.22. The first-order chi connectivity index (χ1) is 7.99. The number of halogens is 1. The van der Waals surface area contributed by atoms with Crippen molar-refractivity contribution >= 4 is 29.2 Å². The van der Waals surface area contributed by atoms with E-state index < -0.39 is 6.03 Å². The number of amides is 3. The van der Waals surface area contributed by atoms with Crippen LogP contribution in [0.2, 0.25) is 5.02 Å². The third-order valence-corrected chi connectivity index (χ3v) is 3.12. The van der Waals surface area contributed by atoms with Crippen LogP contribution in [0.3, 0.4) is 0 Å². The van der Waals surface area contributed by atoms with Crippen LogP contribution in [0.5, 0.6) is 0 Å². The second-order valence-corrected chi connectivity index (χ2v) is 4.62. The zero-order valence-corrected chi connectivity index (χ0v) is 10.4. The van der Waals surface area contributed by atoms with Gasteiger partial charge in [-0.15, -0.1) is 0 Å². The molecule has 5 heteroatoms. The summed E-state index contributed by atoms with van der Waals surface area (Å²) in [5.74, 6) is -0.207. The van der Waals surface area contributed by atoms with E-state index in [1.54, 1.807) is 25.1 Å². The lowest BCUT2D eigenvalue weighted by Crippen LogP contribution is -2.54. The normalized spacial score (nSPS) is 20.4. The fourth-order valence-electron chi connectivity index (χ4n) is 1.77. The smallest absolute Gasteiger partial charge is 0.328 e. The fraction of sp³-hybridized carbons (Fsp3) is 0.333. The molecule has 1 atom stereocenters. The van der Waals surface area contributed by atoms with E-state index in [4.69, 9.17) is 11.6 Å². The van der Waals surface area contributed by atoms with Crippen molar-refractivity contribution in [3.63, 3.8) is 0 Å². The van der Waals surface area contributed by atoms with Gasteiger partial charge in [-0.3, -0.25) is 4.79 Å². The predicted molar refractivity (Wildman–Crippen MR) is 66.3 cm³/mol. The number of nitrogens with zero attached hydrogens (tertiary/aromatic N) is 1. The van der Waals surface area contributed by atoms with Crippen molar-refractivity contribution in [2.75, 3.05) is 4.90 Å². The van der Waals surface area contributed by atoms with Gasteiger partial charge in [0.25, 0.3) is 0 Å². The first kappa shape index (κ1) is 11.9. The van der Waals surface area contributed by atoms with Crippen LogP contribution in [0, 0.1) is 6.92 Å². The van der Waals surface area contributed by atoms with E-state index in [1.807, 2.05) is 6.92 Å². The molecular weight excluding hydrogens is 240 g/mol. The summed E-state index contributed by atoms with van der Waals surface area (Å²) >= 11 is 5.99. The highest BCUT2D eigenvalue weighted by atomic mass is 35.5. The van der Waals surface area contributed by atoms with Crippen molar-refractivity contribution in [3.05, 3.63) is 28.8 Å². The van der Waals surface area contributed by atoms with E-state index in [0.717, 1.165) is 10.5 Å². The molecule has 1 aromatic rings. The van der Waals surface area contributed by atoms with Crippen LogP contribution in [0.4, 0.5) is 10.5 Å². The van der Waals surface area contributed by atoms with Crippen LogP contribution in [0.15, 0.2) is 18.2 Å². The first-order valence-electron chi connectivity index (χ1n) is 5.38. The highest BCUT2D eigenvalue weighted by Gasteiger charge is 2.31. The van der Waals surface area contributed by atoms with Crippen molar-refractivity contribution in [2.24, 2.45) is 0 Å². The quantitative estimate of drug-likeness (QED) is 0.835.